The third-order valence-electron chi connectivity index (χ3n) is 4.00. The molecule has 1 aromatic rings. The Bertz CT molecular complexity index is 660. The summed E-state index contributed by atoms with van der Waals surface area (Å²) in [6, 6.07) is 7.58. The number of nitrogens with zero attached hydrogens (tertiary/aromatic N) is 1. The molecule has 0 saturated carbocycles. The van der Waals surface area contributed by atoms with Gasteiger partial charge in [-0.05, 0) is 31.5 Å². The normalized spacial score (nSPS) is 18.8. The van der Waals surface area contributed by atoms with Crippen molar-refractivity contribution in [1.82, 2.24) is 4.90 Å². The Labute approximate surface area is 142 Å². The molecule has 2 rings (SSSR count). The van der Waals surface area contributed by atoms with Crippen molar-refractivity contribution in [2.24, 2.45) is 5.92 Å². The van der Waals surface area contributed by atoms with Crippen LogP contribution in [0.25, 0.3) is 0 Å². The Hall–Kier alpha value is -2.56. The van der Waals surface area contributed by atoms with Crippen LogP contribution in [0, 0.1) is 5.92 Å². The summed E-state index contributed by atoms with van der Waals surface area (Å²) in [6.07, 6.45) is 1.30. The molecular weight excluding hydrogens is 306 g/mol. The van der Waals surface area contributed by atoms with Crippen LogP contribution >= 0.6 is 0 Å². The van der Waals surface area contributed by atoms with E-state index in [0.717, 1.165) is 16.9 Å². The lowest BCUT2D eigenvalue weighted by Crippen LogP contribution is -2.25. The molecule has 0 spiro atoms. The van der Waals surface area contributed by atoms with Gasteiger partial charge in [0.05, 0.1) is 13.7 Å². The number of rotatable bonds is 6. The smallest absolute Gasteiger partial charge is 0.331 e. The molecule has 1 fully saturated rings. The van der Waals surface area contributed by atoms with Gasteiger partial charge in [-0.2, -0.15) is 0 Å². The summed E-state index contributed by atoms with van der Waals surface area (Å²) < 4.78 is 10.1. The molecule has 128 valence electrons. The van der Waals surface area contributed by atoms with Crippen LogP contribution in [0.15, 0.2) is 48.1 Å². The van der Waals surface area contributed by atoms with Crippen molar-refractivity contribution < 1.29 is 19.1 Å². The zero-order chi connectivity index (χ0) is 17.7. The van der Waals surface area contributed by atoms with Gasteiger partial charge >= 0.3 is 5.97 Å². The van der Waals surface area contributed by atoms with E-state index in [9.17, 15) is 9.59 Å². The van der Waals surface area contributed by atoms with E-state index in [-0.39, 0.29) is 18.4 Å². The average Bonchev–Trinajstić information content (AvgIpc) is 2.85. The zero-order valence-corrected chi connectivity index (χ0v) is 14.4. The van der Waals surface area contributed by atoms with E-state index in [1.54, 1.807) is 18.9 Å². The largest absolute Gasteiger partial charge is 0.497 e. The number of carbonyl (C=O) groups excluding carboxylic acids is 2. The van der Waals surface area contributed by atoms with Gasteiger partial charge in [-0.1, -0.05) is 24.3 Å². The molecule has 1 amide bonds. The Morgan fingerprint density at radius 1 is 1.38 bits per heavy atom. The molecule has 1 heterocycles. The first kappa shape index (κ1) is 17.8. The minimum absolute atomic E-state index is 0.146. The standard InChI is InChI=1S/C19H23NO4/c1-5-24-18(21)10-16-17(13(2)3)12-20(19(16)22)11-14-6-8-15(23-4)9-7-14/h6-10,17H,2,5,11-12H2,1,3-4H3/b16-10+. The van der Waals surface area contributed by atoms with Crippen LogP contribution in [0.1, 0.15) is 19.4 Å². The Kier molecular flexibility index (Phi) is 5.79. The summed E-state index contributed by atoms with van der Waals surface area (Å²) >= 11 is 0. The van der Waals surface area contributed by atoms with Gasteiger partial charge < -0.3 is 14.4 Å². The highest BCUT2D eigenvalue weighted by molar-refractivity contribution is 6.02. The summed E-state index contributed by atoms with van der Waals surface area (Å²) in [5.74, 6) is -0.0142. The maximum absolute atomic E-state index is 12.7. The maximum atomic E-state index is 12.7. The molecule has 5 nitrogen and oxygen atoms in total. The third-order valence-corrected chi connectivity index (χ3v) is 4.00. The van der Waals surface area contributed by atoms with E-state index in [4.69, 9.17) is 9.47 Å². The molecule has 5 heteroatoms. The predicted octanol–water partition coefficient (Wildman–Crippen LogP) is 2.72. The van der Waals surface area contributed by atoms with Crippen molar-refractivity contribution in [3.8, 4) is 5.75 Å². The second kappa shape index (κ2) is 7.81. The average molecular weight is 329 g/mol. The number of likely N-dealkylation sites (tertiary alicyclic amines) is 1. The molecule has 1 atom stereocenters. The van der Waals surface area contributed by atoms with Gasteiger partial charge in [0.25, 0.3) is 5.91 Å². The van der Waals surface area contributed by atoms with Crippen molar-refractivity contribution in [3.63, 3.8) is 0 Å². The molecule has 1 aliphatic heterocycles. The molecular formula is C19H23NO4. The van der Waals surface area contributed by atoms with Crippen LogP contribution in [-0.4, -0.2) is 37.0 Å². The van der Waals surface area contributed by atoms with Crippen molar-refractivity contribution in [2.45, 2.75) is 20.4 Å². The molecule has 0 aromatic heterocycles. The second-order valence-electron chi connectivity index (χ2n) is 5.78. The topological polar surface area (TPSA) is 55.8 Å². The summed E-state index contributed by atoms with van der Waals surface area (Å²) in [5.41, 5.74) is 2.31. The van der Waals surface area contributed by atoms with E-state index in [1.807, 2.05) is 31.2 Å². The SMILES string of the molecule is C=C(C)C1CN(Cc2ccc(OC)cc2)C(=O)/C1=C/C(=O)OCC. The van der Waals surface area contributed by atoms with Crippen molar-refractivity contribution >= 4 is 11.9 Å². The highest BCUT2D eigenvalue weighted by Crippen LogP contribution is 2.30. The molecule has 1 saturated heterocycles. The van der Waals surface area contributed by atoms with Crippen LogP contribution in [0.2, 0.25) is 0 Å². The second-order valence-corrected chi connectivity index (χ2v) is 5.78. The summed E-state index contributed by atoms with van der Waals surface area (Å²) in [5, 5.41) is 0. The fourth-order valence-electron chi connectivity index (χ4n) is 2.72. The maximum Gasteiger partial charge on any atom is 0.331 e. The van der Waals surface area contributed by atoms with Gasteiger partial charge in [-0.3, -0.25) is 4.79 Å². The van der Waals surface area contributed by atoms with Crippen LogP contribution in [-0.2, 0) is 20.9 Å². The van der Waals surface area contributed by atoms with Gasteiger partial charge in [0, 0.05) is 30.7 Å². The molecule has 0 bridgehead atoms. The predicted molar refractivity (Wildman–Crippen MR) is 91.4 cm³/mol. The molecule has 1 aliphatic rings. The molecule has 0 aliphatic carbocycles. The molecule has 24 heavy (non-hydrogen) atoms. The van der Waals surface area contributed by atoms with E-state index < -0.39 is 5.97 Å². The monoisotopic (exact) mass is 329 g/mol. The van der Waals surface area contributed by atoms with E-state index >= 15 is 0 Å². The van der Waals surface area contributed by atoms with Crippen LogP contribution < -0.4 is 4.74 Å². The van der Waals surface area contributed by atoms with Crippen LogP contribution in [0.5, 0.6) is 5.75 Å². The van der Waals surface area contributed by atoms with Gasteiger partial charge in [0.2, 0.25) is 0 Å². The lowest BCUT2D eigenvalue weighted by Gasteiger charge is -2.16. The number of ether oxygens (including phenoxy) is 2. The third kappa shape index (κ3) is 4.04. The number of amides is 1. The molecule has 0 radical (unpaired) electrons. The Morgan fingerprint density at radius 3 is 2.58 bits per heavy atom. The Balaban J connectivity index is 2.18. The fraction of sp³-hybridized carbons (Fsp3) is 0.368. The number of hydrogen-bond acceptors (Lipinski definition) is 4. The number of carbonyl (C=O) groups is 2. The highest BCUT2D eigenvalue weighted by Gasteiger charge is 2.36. The molecule has 1 aromatic carbocycles. The zero-order valence-electron chi connectivity index (χ0n) is 14.4. The fourth-order valence-corrected chi connectivity index (χ4v) is 2.72. The number of methoxy groups -OCH3 is 1. The van der Waals surface area contributed by atoms with Gasteiger partial charge in [-0.15, -0.1) is 0 Å². The first-order valence-corrected chi connectivity index (χ1v) is 7.92. The lowest BCUT2D eigenvalue weighted by atomic mass is 9.95. The number of esters is 1. The minimum atomic E-state index is -0.488. The van der Waals surface area contributed by atoms with Crippen molar-refractivity contribution in [3.05, 3.63) is 53.6 Å². The number of benzene rings is 1. The summed E-state index contributed by atoms with van der Waals surface area (Å²) in [6.45, 7) is 8.84. The van der Waals surface area contributed by atoms with Crippen molar-refractivity contribution in [2.75, 3.05) is 20.3 Å². The first-order chi connectivity index (χ1) is 11.5. The minimum Gasteiger partial charge on any atom is -0.497 e. The number of hydrogen-bond donors (Lipinski definition) is 0. The first-order valence-electron chi connectivity index (χ1n) is 7.92. The molecule has 0 N–H and O–H groups in total. The summed E-state index contributed by atoms with van der Waals surface area (Å²) in [4.78, 5) is 26.1. The van der Waals surface area contributed by atoms with Crippen molar-refractivity contribution in [1.29, 1.82) is 0 Å². The molecule has 1 unspecified atom stereocenters. The quantitative estimate of drug-likeness (QED) is 0.457. The van der Waals surface area contributed by atoms with E-state index in [2.05, 4.69) is 6.58 Å². The van der Waals surface area contributed by atoms with Crippen LogP contribution in [0.4, 0.5) is 0 Å². The van der Waals surface area contributed by atoms with E-state index in [1.165, 1.54) is 6.08 Å². The Morgan fingerprint density at radius 2 is 2.04 bits per heavy atom. The lowest BCUT2D eigenvalue weighted by molar-refractivity contribution is -0.137. The van der Waals surface area contributed by atoms with Gasteiger partial charge in [0.1, 0.15) is 5.75 Å². The highest BCUT2D eigenvalue weighted by atomic mass is 16.5. The van der Waals surface area contributed by atoms with Gasteiger partial charge in [0.15, 0.2) is 0 Å². The van der Waals surface area contributed by atoms with Gasteiger partial charge in [-0.25, -0.2) is 4.79 Å². The van der Waals surface area contributed by atoms with Crippen LogP contribution in [0.3, 0.4) is 0 Å². The summed E-state index contributed by atoms with van der Waals surface area (Å²) in [7, 11) is 1.61. The van der Waals surface area contributed by atoms with E-state index in [0.29, 0.717) is 18.7 Å².